The molecule has 0 atom stereocenters. The Bertz CT molecular complexity index is 750. The zero-order chi connectivity index (χ0) is 15.2. The van der Waals surface area contributed by atoms with E-state index in [1.165, 1.54) is 0 Å². The molecule has 0 saturated heterocycles. The number of hydrogen-bond acceptors (Lipinski definition) is 3. The first-order valence-electron chi connectivity index (χ1n) is 6.50. The zero-order valence-corrected chi connectivity index (χ0v) is 11.7. The van der Waals surface area contributed by atoms with Crippen molar-refractivity contribution in [2.24, 2.45) is 0 Å². The van der Waals surface area contributed by atoms with Crippen LogP contribution in [-0.4, -0.2) is 20.3 Å². The second-order valence-corrected chi connectivity index (χ2v) is 4.68. The van der Waals surface area contributed by atoms with Gasteiger partial charge in [-0.25, -0.2) is 4.39 Å². The third-order valence-corrected chi connectivity index (χ3v) is 3.26. The van der Waals surface area contributed by atoms with Gasteiger partial charge in [0.1, 0.15) is 24.4 Å². The highest BCUT2D eigenvalue weighted by Gasteiger charge is 2.03. The number of alkyl halides is 1. The number of nitriles is 2. The Morgan fingerprint density at radius 1 is 1.14 bits per heavy atom. The monoisotopic (exact) mass is 279 g/mol. The molecule has 2 aromatic carbocycles. The molecule has 0 unspecified atom stereocenters. The van der Waals surface area contributed by atoms with E-state index >= 15 is 0 Å². The molecule has 0 aliphatic rings. The number of allylic oxidation sites excluding steroid dienone is 1. The third-order valence-electron chi connectivity index (χ3n) is 3.26. The highest BCUT2D eigenvalue weighted by Crippen LogP contribution is 2.23. The van der Waals surface area contributed by atoms with Crippen LogP contribution >= 0.6 is 0 Å². The van der Waals surface area contributed by atoms with Crippen molar-refractivity contribution in [3.8, 4) is 12.1 Å². The van der Waals surface area contributed by atoms with Gasteiger partial charge in [-0.2, -0.15) is 10.5 Å². The third kappa shape index (κ3) is 3.38. The van der Waals surface area contributed by atoms with Gasteiger partial charge in [0.05, 0.1) is 0 Å². The molecule has 0 heterocycles. The van der Waals surface area contributed by atoms with Crippen LogP contribution < -0.4 is 4.90 Å². The predicted molar refractivity (Wildman–Crippen MR) is 82.4 cm³/mol. The van der Waals surface area contributed by atoms with Crippen LogP contribution in [0.4, 0.5) is 10.1 Å². The molecule has 0 amide bonds. The van der Waals surface area contributed by atoms with E-state index in [-0.39, 0.29) is 12.2 Å². The minimum absolute atomic E-state index is 0.0775. The van der Waals surface area contributed by atoms with Gasteiger partial charge in [-0.05, 0) is 40.6 Å². The summed E-state index contributed by atoms with van der Waals surface area (Å²) in [6.45, 7) is -0.0244. The average molecular weight is 279 g/mol. The minimum atomic E-state index is -0.386. The summed E-state index contributed by atoms with van der Waals surface area (Å²) in [6, 6.07) is 15.3. The molecule has 3 nitrogen and oxygen atoms in total. The number of benzene rings is 2. The van der Waals surface area contributed by atoms with Crippen molar-refractivity contribution in [2.75, 3.05) is 25.2 Å². The van der Waals surface area contributed by atoms with Gasteiger partial charge in [-0.3, -0.25) is 0 Å². The van der Waals surface area contributed by atoms with Crippen LogP contribution in [-0.2, 0) is 0 Å². The van der Waals surface area contributed by atoms with Crippen molar-refractivity contribution in [1.82, 2.24) is 0 Å². The van der Waals surface area contributed by atoms with Gasteiger partial charge >= 0.3 is 0 Å². The normalized spacial score (nSPS) is 9.71. The minimum Gasteiger partial charge on any atom is -0.372 e. The van der Waals surface area contributed by atoms with Crippen LogP contribution in [0.25, 0.3) is 16.8 Å². The molecular weight excluding hydrogens is 265 g/mol. The number of fused-ring (bicyclic) bond motifs is 1. The van der Waals surface area contributed by atoms with Gasteiger partial charge in [0.2, 0.25) is 0 Å². The lowest BCUT2D eigenvalue weighted by atomic mass is 10.0. The fourth-order valence-corrected chi connectivity index (χ4v) is 2.09. The second kappa shape index (κ2) is 6.54. The molecule has 4 heteroatoms. The molecular formula is C17H14FN3. The number of halogens is 1. The SMILES string of the molecule is CN(CCF)c1ccc2cc(C=C(C#N)C#N)ccc2c1. The summed E-state index contributed by atoms with van der Waals surface area (Å²) >= 11 is 0. The van der Waals surface area contributed by atoms with Crippen LogP contribution in [0.5, 0.6) is 0 Å². The lowest BCUT2D eigenvalue weighted by molar-refractivity contribution is 0.497. The summed E-state index contributed by atoms with van der Waals surface area (Å²) in [5.74, 6) is 0. The van der Waals surface area contributed by atoms with E-state index in [1.807, 2.05) is 60.5 Å². The molecule has 104 valence electrons. The molecule has 0 fully saturated rings. The molecule has 0 spiro atoms. The van der Waals surface area contributed by atoms with E-state index < -0.39 is 0 Å². The molecule has 0 bridgehead atoms. The van der Waals surface area contributed by atoms with Gasteiger partial charge in [0.25, 0.3) is 0 Å². The van der Waals surface area contributed by atoms with E-state index in [2.05, 4.69) is 0 Å². The highest BCUT2D eigenvalue weighted by atomic mass is 19.1. The van der Waals surface area contributed by atoms with Crippen molar-refractivity contribution < 1.29 is 4.39 Å². The van der Waals surface area contributed by atoms with Crippen LogP contribution in [0.15, 0.2) is 42.0 Å². The van der Waals surface area contributed by atoms with Crippen molar-refractivity contribution in [3.05, 3.63) is 47.5 Å². The Morgan fingerprint density at radius 2 is 1.81 bits per heavy atom. The van der Waals surface area contributed by atoms with Gasteiger partial charge in [0.15, 0.2) is 0 Å². The zero-order valence-electron chi connectivity index (χ0n) is 11.7. The number of nitrogens with zero attached hydrogens (tertiary/aromatic N) is 3. The maximum Gasteiger partial charge on any atom is 0.130 e. The molecule has 2 aromatic rings. The fraction of sp³-hybridized carbons (Fsp3) is 0.176. The average Bonchev–Trinajstić information content (AvgIpc) is 2.52. The standard InChI is InChI=1S/C17H14FN3/c1-21(7-6-18)17-5-4-15-9-13(2-3-16(15)10-17)8-14(11-19)12-20/h2-5,8-10H,6-7H2,1H3. The van der Waals surface area contributed by atoms with Gasteiger partial charge in [-0.1, -0.05) is 18.2 Å². The summed E-state index contributed by atoms with van der Waals surface area (Å²) in [5.41, 5.74) is 1.84. The molecule has 0 aliphatic carbocycles. The van der Waals surface area contributed by atoms with Crippen LogP contribution in [0.3, 0.4) is 0 Å². The van der Waals surface area contributed by atoms with E-state index in [0.717, 1.165) is 22.0 Å². The summed E-state index contributed by atoms with van der Waals surface area (Å²) in [5, 5.41) is 19.6. The van der Waals surface area contributed by atoms with Crippen molar-refractivity contribution >= 4 is 22.5 Å². The first-order chi connectivity index (χ1) is 10.2. The lowest BCUT2D eigenvalue weighted by Crippen LogP contribution is -2.19. The Morgan fingerprint density at radius 3 is 2.48 bits per heavy atom. The van der Waals surface area contributed by atoms with E-state index in [1.54, 1.807) is 6.08 Å². The Kier molecular flexibility index (Phi) is 4.53. The van der Waals surface area contributed by atoms with Crippen molar-refractivity contribution in [2.45, 2.75) is 0 Å². The Balaban J connectivity index is 2.39. The highest BCUT2D eigenvalue weighted by molar-refractivity contribution is 5.88. The molecule has 0 aliphatic heterocycles. The molecule has 0 saturated carbocycles. The second-order valence-electron chi connectivity index (χ2n) is 4.68. The predicted octanol–water partition coefficient (Wildman–Crippen LogP) is 3.68. The summed E-state index contributed by atoms with van der Waals surface area (Å²) in [6.07, 6.45) is 1.56. The summed E-state index contributed by atoms with van der Waals surface area (Å²) in [7, 11) is 1.85. The molecule has 0 aromatic heterocycles. The molecule has 0 N–H and O–H groups in total. The topological polar surface area (TPSA) is 50.8 Å². The smallest absolute Gasteiger partial charge is 0.130 e. The largest absolute Gasteiger partial charge is 0.372 e. The van der Waals surface area contributed by atoms with Crippen molar-refractivity contribution in [3.63, 3.8) is 0 Å². The molecule has 2 rings (SSSR count). The first kappa shape index (κ1) is 14.6. The number of anilines is 1. The van der Waals surface area contributed by atoms with Crippen LogP contribution in [0, 0.1) is 22.7 Å². The maximum absolute atomic E-state index is 12.4. The van der Waals surface area contributed by atoms with E-state index in [9.17, 15) is 4.39 Å². The number of rotatable bonds is 4. The molecule has 0 radical (unpaired) electrons. The van der Waals surface area contributed by atoms with Crippen molar-refractivity contribution in [1.29, 1.82) is 10.5 Å². The van der Waals surface area contributed by atoms with Gasteiger partial charge in [-0.15, -0.1) is 0 Å². The maximum atomic E-state index is 12.4. The lowest BCUT2D eigenvalue weighted by Gasteiger charge is -2.18. The van der Waals surface area contributed by atoms with Crippen LogP contribution in [0.1, 0.15) is 5.56 Å². The fourth-order valence-electron chi connectivity index (χ4n) is 2.09. The number of hydrogen-bond donors (Lipinski definition) is 0. The van der Waals surface area contributed by atoms with E-state index in [0.29, 0.717) is 6.54 Å². The first-order valence-corrected chi connectivity index (χ1v) is 6.50. The van der Waals surface area contributed by atoms with Crippen LogP contribution in [0.2, 0.25) is 0 Å². The Labute approximate surface area is 123 Å². The molecule has 21 heavy (non-hydrogen) atoms. The summed E-state index contributed by atoms with van der Waals surface area (Å²) in [4.78, 5) is 1.86. The van der Waals surface area contributed by atoms with Gasteiger partial charge in [0, 0.05) is 19.3 Å². The Hall–Kier alpha value is -2.85. The quantitative estimate of drug-likeness (QED) is 0.802. The van der Waals surface area contributed by atoms with E-state index in [4.69, 9.17) is 10.5 Å². The van der Waals surface area contributed by atoms with Gasteiger partial charge < -0.3 is 4.90 Å². The summed E-state index contributed by atoms with van der Waals surface area (Å²) < 4.78 is 12.4.